The maximum atomic E-state index is 13.3. The molecule has 0 aliphatic carbocycles. The standard InChI is InChI=1S/C13H16F3N3O/c1-9(20)19-8-4-5-10(13(14,15)16)12(19,17)11-6-2-3-7-18-11/h2-3,6-7,10H,4-5,8,17H2,1H3. The van der Waals surface area contributed by atoms with Crippen molar-refractivity contribution < 1.29 is 18.0 Å². The molecule has 0 radical (unpaired) electrons. The molecule has 7 heteroatoms. The molecule has 1 amide bonds. The fraction of sp³-hybridized carbons (Fsp3) is 0.538. The molecule has 1 aliphatic rings. The van der Waals surface area contributed by atoms with Crippen molar-refractivity contribution in [2.24, 2.45) is 11.7 Å². The Kier molecular flexibility index (Phi) is 3.73. The van der Waals surface area contributed by atoms with E-state index in [-0.39, 0.29) is 25.1 Å². The van der Waals surface area contributed by atoms with Crippen molar-refractivity contribution >= 4 is 5.91 Å². The van der Waals surface area contributed by atoms with Crippen molar-refractivity contribution in [1.29, 1.82) is 0 Å². The molecule has 1 aliphatic heterocycles. The van der Waals surface area contributed by atoms with Crippen molar-refractivity contribution in [3.05, 3.63) is 30.1 Å². The van der Waals surface area contributed by atoms with Gasteiger partial charge in [0.1, 0.15) is 5.66 Å². The summed E-state index contributed by atoms with van der Waals surface area (Å²) in [5, 5.41) is 0. The molecule has 2 atom stereocenters. The fourth-order valence-electron chi connectivity index (χ4n) is 2.79. The zero-order chi connectivity index (χ0) is 15.0. The van der Waals surface area contributed by atoms with E-state index in [4.69, 9.17) is 5.73 Å². The largest absolute Gasteiger partial charge is 0.395 e. The van der Waals surface area contributed by atoms with Crippen LogP contribution in [0.15, 0.2) is 24.4 Å². The van der Waals surface area contributed by atoms with E-state index >= 15 is 0 Å². The number of hydrogen-bond acceptors (Lipinski definition) is 3. The van der Waals surface area contributed by atoms with Crippen molar-refractivity contribution in [2.45, 2.75) is 31.6 Å². The second-order valence-corrected chi connectivity index (χ2v) is 4.95. The van der Waals surface area contributed by atoms with Gasteiger partial charge in [-0.1, -0.05) is 6.07 Å². The van der Waals surface area contributed by atoms with Gasteiger partial charge in [-0.25, -0.2) is 0 Å². The summed E-state index contributed by atoms with van der Waals surface area (Å²) < 4.78 is 39.9. The highest BCUT2D eigenvalue weighted by atomic mass is 19.4. The maximum Gasteiger partial charge on any atom is 0.395 e. The predicted molar refractivity (Wildman–Crippen MR) is 66.3 cm³/mol. The molecule has 1 saturated heterocycles. The summed E-state index contributed by atoms with van der Waals surface area (Å²) in [6, 6.07) is 4.59. The van der Waals surface area contributed by atoms with E-state index in [0.29, 0.717) is 0 Å². The minimum absolute atomic E-state index is 0.0669. The smallest absolute Gasteiger partial charge is 0.319 e. The number of amides is 1. The molecule has 0 aromatic carbocycles. The first-order valence-corrected chi connectivity index (χ1v) is 6.33. The number of halogens is 3. The zero-order valence-electron chi connectivity index (χ0n) is 11.0. The van der Waals surface area contributed by atoms with E-state index in [1.807, 2.05) is 0 Å². The minimum atomic E-state index is -4.49. The molecule has 0 spiro atoms. The second-order valence-electron chi connectivity index (χ2n) is 4.95. The Bertz CT molecular complexity index is 491. The third-order valence-corrected chi connectivity index (χ3v) is 3.70. The van der Waals surface area contributed by atoms with Crippen LogP contribution in [0.3, 0.4) is 0 Å². The van der Waals surface area contributed by atoms with Gasteiger partial charge in [-0.15, -0.1) is 0 Å². The molecule has 4 nitrogen and oxygen atoms in total. The Morgan fingerprint density at radius 1 is 1.50 bits per heavy atom. The van der Waals surface area contributed by atoms with Crippen molar-refractivity contribution in [3.63, 3.8) is 0 Å². The Hall–Kier alpha value is -1.63. The summed E-state index contributed by atoms with van der Waals surface area (Å²) in [4.78, 5) is 16.7. The monoisotopic (exact) mass is 287 g/mol. The van der Waals surface area contributed by atoms with Crippen molar-refractivity contribution in [1.82, 2.24) is 9.88 Å². The third kappa shape index (κ3) is 2.37. The first-order valence-electron chi connectivity index (χ1n) is 6.33. The Morgan fingerprint density at radius 3 is 2.70 bits per heavy atom. The van der Waals surface area contributed by atoms with Gasteiger partial charge in [0.15, 0.2) is 0 Å². The first-order chi connectivity index (χ1) is 9.28. The van der Waals surface area contributed by atoms with Gasteiger partial charge < -0.3 is 10.6 Å². The molecule has 0 bridgehead atoms. The highest BCUT2D eigenvalue weighted by Gasteiger charge is 2.58. The van der Waals surface area contributed by atoms with Gasteiger partial charge in [-0.3, -0.25) is 9.78 Å². The number of nitrogens with zero attached hydrogens (tertiary/aromatic N) is 2. The molecule has 1 aromatic heterocycles. The average Bonchev–Trinajstić information content (AvgIpc) is 2.38. The van der Waals surface area contributed by atoms with E-state index in [1.54, 1.807) is 12.1 Å². The lowest BCUT2D eigenvalue weighted by Gasteiger charge is -2.49. The van der Waals surface area contributed by atoms with Crippen molar-refractivity contribution in [3.8, 4) is 0 Å². The lowest BCUT2D eigenvalue weighted by Crippen LogP contribution is -2.65. The minimum Gasteiger partial charge on any atom is -0.319 e. The fourth-order valence-corrected chi connectivity index (χ4v) is 2.79. The number of pyridine rings is 1. The van der Waals surface area contributed by atoms with E-state index in [1.165, 1.54) is 19.2 Å². The number of hydrogen-bond donors (Lipinski definition) is 1. The predicted octanol–water partition coefficient (Wildman–Crippen LogP) is 2.01. The summed E-state index contributed by atoms with van der Waals surface area (Å²) in [5.74, 6) is -2.30. The van der Waals surface area contributed by atoms with Gasteiger partial charge in [0.2, 0.25) is 5.91 Å². The lowest BCUT2D eigenvalue weighted by molar-refractivity contribution is -0.226. The number of carbonyl (C=O) groups is 1. The number of nitrogens with two attached hydrogens (primary N) is 1. The number of likely N-dealkylation sites (tertiary alicyclic amines) is 1. The molecule has 20 heavy (non-hydrogen) atoms. The van der Waals surface area contributed by atoms with Crippen LogP contribution in [0, 0.1) is 5.92 Å². The van der Waals surface area contributed by atoms with Crippen LogP contribution in [0.25, 0.3) is 0 Å². The quantitative estimate of drug-likeness (QED) is 0.859. The number of carbonyl (C=O) groups excluding carboxylic acids is 1. The summed E-state index contributed by atoms with van der Waals surface area (Å²) in [6.07, 6.45) is -2.94. The Labute approximate surface area is 114 Å². The van der Waals surface area contributed by atoms with Gasteiger partial charge in [0.05, 0.1) is 11.6 Å². The molecule has 2 N–H and O–H groups in total. The number of aromatic nitrogens is 1. The first kappa shape index (κ1) is 14.8. The van der Waals surface area contributed by atoms with E-state index in [0.717, 1.165) is 4.90 Å². The lowest BCUT2D eigenvalue weighted by atomic mass is 9.80. The summed E-state index contributed by atoms with van der Waals surface area (Å²) in [5.41, 5.74) is 4.20. The SMILES string of the molecule is CC(=O)N1CCCC(C(F)(F)F)C1(N)c1ccccn1. The van der Waals surface area contributed by atoms with Crippen LogP contribution in [0.2, 0.25) is 0 Å². The highest BCUT2D eigenvalue weighted by molar-refractivity contribution is 5.74. The van der Waals surface area contributed by atoms with Crippen LogP contribution in [-0.4, -0.2) is 28.5 Å². The van der Waals surface area contributed by atoms with E-state index in [9.17, 15) is 18.0 Å². The van der Waals surface area contributed by atoms with Crippen LogP contribution < -0.4 is 5.73 Å². The number of alkyl halides is 3. The van der Waals surface area contributed by atoms with Crippen LogP contribution >= 0.6 is 0 Å². The molecular weight excluding hydrogens is 271 g/mol. The maximum absolute atomic E-state index is 13.3. The zero-order valence-corrected chi connectivity index (χ0v) is 11.0. The van der Waals surface area contributed by atoms with E-state index in [2.05, 4.69) is 4.98 Å². The van der Waals surface area contributed by atoms with Gasteiger partial charge in [-0.2, -0.15) is 13.2 Å². The molecule has 0 saturated carbocycles. The van der Waals surface area contributed by atoms with Crippen LogP contribution in [0.1, 0.15) is 25.5 Å². The molecule has 1 fully saturated rings. The molecule has 2 rings (SSSR count). The molecule has 2 heterocycles. The van der Waals surface area contributed by atoms with Crippen LogP contribution in [-0.2, 0) is 10.5 Å². The van der Waals surface area contributed by atoms with Gasteiger partial charge in [0, 0.05) is 19.7 Å². The summed E-state index contributed by atoms with van der Waals surface area (Å²) in [7, 11) is 0. The molecule has 1 aromatic rings. The molecule has 2 unspecified atom stereocenters. The average molecular weight is 287 g/mol. The molecule has 110 valence electrons. The Balaban J connectivity index is 2.56. The van der Waals surface area contributed by atoms with Crippen LogP contribution in [0.4, 0.5) is 13.2 Å². The topological polar surface area (TPSA) is 59.2 Å². The highest BCUT2D eigenvalue weighted by Crippen LogP contribution is 2.45. The normalized spacial score (nSPS) is 27.4. The van der Waals surface area contributed by atoms with Crippen molar-refractivity contribution in [2.75, 3.05) is 6.54 Å². The van der Waals surface area contributed by atoms with Gasteiger partial charge in [0.25, 0.3) is 0 Å². The van der Waals surface area contributed by atoms with Crippen LogP contribution in [0.5, 0.6) is 0 Å². The van der Waals surface area contributed by atoms with E-state index < -0.39 is 23.7 Å². The Morgan fingerprint density at radius 2 is 2.20 bits per heavy atom. The van der Waals surface area contributed by atoms with Gasteiger partial charge >= 0.3 is 6.18 Å². The molecular formula is C13H16F3N3O. The summed E-state index contributed by atoms with van der Waals surface area (Å²) in [6.45, 7) is 1.43. The third-order valence-electron chi connectivity index (χ3n) is 3.70. The van der Waals surface area contributed by atoms with Gasteiger partial charge in [-0.05, 0) is 25.0 Å². The second kappa shape index (κ2) is 5.05. The summed E-state index contributed by atoms with van der Waals surface area (Å²) >= 11 is 0. The number of rotatable bonds is 1. The number of piperidine rings is 1.